The summed E-state index contributed by atoms with van der Waals surface area (Å²) in [6.45, 7) is 0. The summed E-state index contributed by atoms with van der Waals surface area (Å²) in [5.74, 6) is 0. The largest absolute Gasteiger partial charge is 0.398 e. The van der Waals surface area contributed by atoms with Crippen LogP contribution in [0.3, 0.4) is 0 Å². The average molecular weight is 373 g/mol. The van der Waals surface area contributed by atoms with E-state index < -0.39 is 0 Å². The number of allylic oxidation sites excluding steroid dienone is 4. The molecule has 0 atom stereocenters. The Labute approximate surface area is 171 Å². The van der Waals surface area contributed by atoms with Gasteiger partial charge in [0.25, 0.3) is 0 Å². The highest BCUT2D eigenvalue weighted by molar-refractivity contribution is 6.07. The van der Waals surface area contributed by atoms with Crippen LogP contribution < -0.4 is 5.73 Å². The molecule has 6 rings (SSSR count). The molecule has 0 spiro atoms. The Hall–Kier alpha value is -3.32. The van der Waals surface area contributed by atoms with Crippen LogP contribution in [-0.2, 0) is 6.42 Å². The first kappa shape index (κ1) is 16.6. The number of nitrogens with two attached hydrogens (primary N) is 1. The number of aryl methyl sites for hydroxylation is 1. The van der Waals surface area contributed by atoms with Crippen molar-refractivity contribution in [2.24, 2.45) is 0 Å². The normalized spacial score (nSPS) is 15.6. The van der Waals surface area contributed by atoms with E-state index in [-0.39, 0.29) is 0 Å². The summed E-state index contributed by atoms with van der Waals surface area (Å²) in [6.07, 6.45) is 9.40. The third kappa shape index (κ3) is 2.47. The van der Waals surface area contributed by atoms with E-state index in [1.807, 2.05) is 0 Å². The minimum atomic E-state index is 0.869. The van der Waals surface area contributed by atoms with Crippen LogP contribution in [0.25, 0.3) is 38.2 Å². The van der Waals surface area contributed by atoms with Crippen molar-refractivity contribution in [3.05, 3.63) is 95.6 Å². The number of hydrogen-bond acceptors (Lipinski definition) is 1. The van der Waals surface area contributed by atoms with E-state index in [1.54, 1.807) is 5.57 Å². The molecule has 0 aliphatic heterocycles. The van der Waals surface area contributed by atoms with Gasteiger partial charge in [0.15, 0.2) is 0 Å². The van der Waals surface area contributed by atoms with Gasteiger partial charge in [-0.3, -0.25) is 0 Å². The van der Waals surface area contributed by atoms with Crippen LogP contribution in [0.1, 0.15) is 30.4 Å². The molecule has 4 aromatic carbocycles. The lowest BCUT2D eigenvalue weighted by Crippen LogP contribution is -2.07. The molecule has 2 N–H and O–H groups in total. The van der Waals surface area contributed by atoms with Crippen molar-refractivity contribution in [2.45, 2.75) is 25.7 Å². The number of fused-ring (bicyclic) bond motifs is 5. The molecule has 4 aromatic rings. The fourth-order valence-electron chi connectivity index (χ4n) is 5.23. The molecule has 0 heterocycles. The molecule has 0 fully saturated rings. The zero-order valence-corrected chi connectivity index (χ0v) is 16.4. The van der Waals surface area contributed by atoms with Gasteiger partial charge >= 0.3 is 0 Å². The molecular weight excluding hydrogens is 350 g/mol. The molecule has 0 aromatic heterocycles. The van der Waals surface area contributed by atoms with E-state index in [2.05, 4.69) is 78.9 Å². The lowest BCUT2D eigenvalue weighted by atomic mass is 9.79. The smallest absolute Gasteiger partial charge is 0.0473 e. The summed E-state index contributed by atoms with van der Waals surface area (Å²) in [5.41, 5.74) is 15.9. The minimum absolute atomic E-state index is 0.869. The van der Waals surface area contributed by atoms with Crippen molar-refractivity contribution in [2.75, 3.05) is 5.73 Å². The summed E-state index contributed by atoms with van der Waals surface area (Å²) in [6, 6.07) is 24.0. The highest BCUT2D eigenvalue weighted by atomic mass is 14.6. The Kier molecular flexibility index (Phi) is 3.64. The highest BCUT2D eigenvalue weighted by Gasteiger charge is 2.21. The Morgan fingerprint density at radius 3 is 2.45 bits per heavy atom. The van der Waals surface area contributed by atoms with Gasteiger partial charge in [-0.1, -0.05) is 84.5 Å². The Balaban J connectivity index is 1.60. The van der Waals surface area contributed by atoms with Gasteiger partial charge in [0.1, 0.15) is 0 Å². The van der Waals surface area contributed by atoms with Gasteiger partial charge in [-0.05, 0) is 64.1 Å². The molecule has 29 heavy (non-hydrogen) atoms. The standard InChI is InChI=1S/C28H23N/c29-28-21-9-4-2-7-19(21)13-15-27(28)23-11-5-10-22-25-14-12-18-6-1-3-8-20(18)24(25)16-17-26(22)23/h2-5,7-11,13,15-17H,1,6,12,14,29H2. The summed E-state index contributed by atoms with van der Waals surface area (Å²) in [5, 5.41) is 4.99. The fourth-order valence-corrected chi connectivity index (χ4v) is 5.23. The molecule has 2 aliphatic rings. The predicted octanol–water partition coefficient (Wildman–Crippen LogP) is 7.29. The fraction of sp³-hybridized carbons (Fsp3) is 0.143. The third-order valence-electron chi connectivity index (χ3n) is 6.68. The van der Waals surface area contributed by atoms with E-state index in [9.17, 15) is 0 Å². The Morgan fingerprint density at radius 2 is 1.48 bits per heavy atom. The molecule has 0 bridgehead atoms. The van der Waals surface area contributed by atoms with E-state index in [1.165, 1.54) is 57.7 Å². The second kappa shape index (κ2) is 6.35. The monoisotopic (exact) mass is 373 g/mol. The van der Waals surface area contributed by atoms with Crippen LogP contribution in [-0.4, -0.2) is 0 Å². The Bertz CT molecular complexity index is 1350. The molecule has 0 saturated carbocycles. The van der Waals surface area contributed by atoms with E-state index in [0.29, 0.717) is 0 Å². The third-order valence-corrected chi connectivity index (χ3v) is 6.68. The van der Waals surface area contributed by atoms with Crippen LogP contribution in [0, 0.1) is 0 Å². The Morgan fingerprint density at radius 1 is 0.621 bits per heavy atom. The summed E-state index contributed by atoms with van der Waals surface area (Å²) < 4.78 is 0. The number of hydrogen-bond donors (Lipinski definition) is 1. The summed E-state index contributed by atoms with van der Waals surface area (Å²) in [4.78, 5) is 0. The average Bonchev–Trinajstić information content (AvgIpc) is 2.79. The molecule has 2 aliphatic carbocycles. The number of nitrogen functional groups attached to an aromatic ring is 1. The highest BCUT2D eigenvalue weighted by Crippen LogP contribution is 2.43. The van der Waals surface area contributed by atoms with Crippen molar-refractivity contribution in [1.82, 2.24) is 0 Å². The maximum Gasteiger partial charge on any atom is 0.0473 e. The number of benzene rings is 4. The second-order valence-corrected chi connectivity index (χ2v) is 8.20. The zero-order valence-electron chi connectivity index (χ0n) is 16.4. The van der Waals surface area contributed by atoms with Crippen LogP contribution >= 0.6 is 0 Å². The molecular formula is C28H23N. The van der Waals surface area contributed by atoms with Crippen molar-refractivity contribution in [1.29, 1.82) is 0 Å². The minimum Gasteiger partial charge on any atom is -0.398 e. The lowest BCUT2D eigenvalue weighted by Gasteiger charge is -2.26. The molecule has 1 heteroatoms. The molecule has 0 amide bonds. The van der Waals surface area contributed by atoms with Gasteiger partial charge in [0.05, 0.1) is 0 Å². The van der Waals surface area contributed by atoms with Gasteiger partial charge in [-0.15, -0.1) is 0 Å². The van der Waals surface area contributed by atoms with Gasteiger partial charge in [-0.25, -0.2) is 0 Å². The first-order chi connectivity index (χ1) is 14.3. The lowest BCUT2D eigenvalue weighted by molar-refractivity contribution is 0.831. The van der Waals surface area contributed by atoms with Gasteiger partial charge in [0.2, 0.25) is 0 Å². The van der Waals surface area contributed by atoms with Gasteiger partial charge < -0.3 is 5.73 Å². The quantitative estimate of drug-likeness (QED) is 0.348. The molecule has 0 radical (unpaired) electrons. The first-order valence-electron chi connectivity index (χ1n) is 10.5. The molecule has 140 valence electrons. The maximum absolute atomic E-state index is 6.65. The summed E-state index contributed by atoms with van der Waals surface area (Å²) in [7, 11) is 0. The van der Waals surface area contributed by atoms with Crippen molar-refractivity contribution in [3.63, 3.8) is 0 Å². The summed E-state index contributed by atoms with van der Waals surface area (Å²) >= 11 is 0. The molecule has 0 saturated heterocycles. The van der Waals surface area contributed by atoms with Crippen LogP contribution in [0.2, 0.25) is 0 Å². The van der Waals surface area contributed by atoms with Crippen LogP contribution in [0.4, 0.5) is 5.69 Å². The van der Waals surface area contributed by atoms with E-state index >= 15 is 0 Å². The predicted molar refractivity (Wildman–Crippen MR) is 125 cm³/mol. The van der Waals surface area contributed by atoms with Gasteiger partial charge in [-0.2, -0.15) is 0 Å². The zero-order chi connectivity index (χ0) is 19.4. The van der Waals surface area contributed by atoms with E-state index in [4.69, 9.17) is 5.73 Å². The number of anilines is 1. The van der Waals surface area contributed by atoms with Gasteiger partial charge in [0, 0.05) is 16.6 Å². The maximum atomic E-state index is 6.65. The number of rotatable bonds is 1. The van der Waals surface area contributed by atoms with E-state index in [0.717, 1.165) is 23.1 Å². The second-order valence-electron chi connectivity index (χ2n) is 8.20. The van der Waals surface area contributed by atoms with Crippen LogP contribution in [0.15, 0.2) is 84.5 Å². The SMILES string of the molecule is Nc1c(-c2cccc3c4c(ccc23)C2=C(CCC=C2)CC4)ccc2ccccc12. The topological polar surface area (TPSA) is 26.0 Å². The van der Waals surface area contributed by atoms with Crippen molar-refractivity contribution < 1.29 is 0 Å². The van der Waals surface area contributed by atoms with Crippen molar-refractivity contribution in [3.8, 4) is 11.1 Å². The van der Waals surface area contributed by atoms with Crippen LogP contribution in [0.5, 0.6) is 0 Å². The van der Waals surface area contributed by atoms with Crippen molar-refractivity contribution >= 4 is 32.8 Å². The molecule has 0 unspecified atom stereocenters. The molecule has 1 nitrogen and oxygen atoms in total. The first-order valence-corrected chi connectivity index (χ1v) is 10.5.